The monoisotopic (exact) mass is 864 g/mol. The van der Waals surface area contributed by atoms with Crippen molar-refractivity contribution >= 4 is 0 Å². The Morgan fingerprint density at radius 3 is 1.26 bits per heavy atom. The summed E-state index contributed by atoms with van der Waals surface area (Å²) in [5.41, 5.74) is 9.69. The summed E-state index contributed by atoms with van der Waals surface area (Å²) in [4.78, 5) is 0. The van der Waals surface area contributed by atoms with Crippen molar-refractivity contribution in [2.24, 2.45) is 0 Å². The summed E-state index contributed by atoms with van der Waals surface area (Å²) in [7, 11) is 0. The van der Waals surface area contributed by atoms with E-state index in [-0.39, 0.29) is 33.0 Å². The summed E-state index contributed by atoms with van der Waals surface area (Å²) in [6.07, 6.45) is -5.02. The van der Waals surface area contributed by atoms with Crippen LogP contribution in [0, 0.1) is 0 Å². The summed E-state index contributed by atoms with van der Waals surface area (Å²) in [6, 6.07) is 70.1. The number of benzene rings is 6. The van der Waals surface area contributed by atoms with Gasteiger partial charge in [0.25, 0.3) is 0 Å². The maximum absolute atomic E-state index is 13.1. The van der Waals surface area contributed by atoms with Crippen LogP contribution in [0.5, 0.6) is 5.75 Å². The van der Waals surface area contributed by atoms with E-state index in [1.807, 2.05) is 170 Å². The van der Waals surface area contributed by atoms with Crippen molar-refractivity contribution in [2.75, 3.05) is 6.61 Å². The maximum Gasteiger partial charge on any atom is 0.125 e. The van der Waals surface area contributed by atoms with E-state index in [1.165, 1.54) is 0 Å². The molecule has 1 unspecified atom stereocenters. The number of fused-ring (bicyclic) bond motifs is 1. The van der Waals surface area contributed by atoms with E-state index in [2.05, 4.69) is 42.5 Å². The molecule has 0 aliphatic heterocycles. The van der Waals surface area contributed by atoms with Crippen LogP contribution in [0.1, 0.15) is 50.6 Å². The molecule has 0 saturated carbocycles. The second-order valence-electron chi connectivity index (χ2n) is 16.3. The topological polar surface area (TPSA) is 86.6 Å². The van der Waals surface area contributed by atoms with Gasteiger partial charge < -0.3 is 33.9 Å². The molecule has 330 valence electrons. The van der Waals surface area contributed by atoms with E-state index in [4.69, 9.17) is 23.7 Å². The Balaban J connectivity index is 1.19. The maximum atomic E-state index is 13.1. The average Bonchev–Trinajstić information content (AvgIpc) is 3.60. The highest BCUT2D eigenvalue weighted by atomic mass is 16.6. The van der Waals surface area contributed by atoms with E-state index in [0.717, 1.165) is 50.1 Å². The lowest BCUT2D eigenvalue weighted by Crippen LogP contribution is -2.52. The Kier molecular flexibility index (Phi) is 16.3. The van der Waals surface area contributed by atoms with Crippen LogP contribution >= 0.6 is 0 Å². The molecule has 8 rings (SSSR count). The van der Waals surface area contributed by atoms with Gasteiger partial charge in [-0.25, -0.2) is 0 Å². The van der Waals surface area contributed by atoms with E-state index in [9.17, 15) is 10.2 Å². The van der Waals surface area contributed by atoms with Gasteiger partial charge in [-0.3, -0.25) is 0 Å². The van der Waals surface area contributed by atoms with Gasteiger partial charge in [-0.2, -0.15) is 0 Å². The molecule has 0 saturated heterocycles. The van der Waals surface area contributed by atoms with Crippen LogP contribution < -0.4 is 4.74 Å². The quantitative estimate of drug-likeness (QED) is 0.0662. The highest BCUT2D eigenvalue weighted by Crippen LogP contribution is 2.36. The number of aliphatic hydroxyl groups excluding tert-OH is 2. The molecule has 65 heavy (non-hydrogen) atoms. The van der Waals surface area contributed by atoms with Crippen molar-refractivity contribution in [1.82, 2.24) is 0 Å². The van der Waals surface area contributed by atoms with Gasteiger partial charge in [-0.05, 0) is 68.6 Å². The predicted octanol–water partition coefficient (Wildman–Crippen LogP) is 11.3. The minimum atomic E-state index is -1.32. The Morgan fingerprint density at radius 2 is 0.769 bits per heavy atom. The SMILES string of the molecule is OC(c1cc(Cc2cc3cccccc-3c2)ccc1OCc1ccccc1)[C@H](OCc1ccccc1)[C@@H](OCc1ccccc1)[C@H](OCc1ccccc1)[C@H](O)COCc1ccccc1. The van der Waals surface area contributed by atoms with Gasteiger partial charge in [0.2, 0.25) is 0 Å². The van der Waals surface area contributed by atoms with E-state index >= 15 is 0 Å². The average molecular weight is 865 g/mol. The molecule has 6 aromatic carbocycles. The van der Waals surface area contributed by atoms with Gasteiger partial charge in [0.1, 0.15) is 42.9 Å². The smallest absolute Gasteiger partial charge is 0.125 e. The van der Waals surface area contributed by atoms with Crippen molar-refractivity contribution < 1.29 is 33.9 Å². The molecule has 6 aromatic rings. The van der Waals surface area contributed by atoms with Gasteiger partial charge >= 0.3 is 0 Å². The lowest BCUT2D eigenvalue weighted by Gasteiger charge is -2.38. The molecular weight excluding hydrogens is 809 g/mol. The first-order valence-corrected chi connectivity index (χ1v) is 22.3. The fraction of sp³-hybridized carbons (Fsp3) is 0.207. The van der Waals surface area contributed by atoms with Crippen molar-refractivity contribution in [2.45, 2.75) is 70.0 Å². The molecule has 5 atom stereocenters. The minimum Gasteiger partial charge on any atom is -0.489 e. The second-order valence-corrected chi connectivity index (χ2v) is 16.3. The Bertz CT molecular complexity index is 2520. The molecule has 2 aliphatic carbocycles. The zero-order valence-corrected chi connectivity index (χ0v) is 36.5. The Labute approximate surface area is 382 Å². The highest BCUT2D eigenvalue weighted by molar-refractivity contribution is 5.68. The summed E-state index contributed by atoms with van der Waals surface area (Å²) >= 11 is 0. The first-order chi connectivity index (χ1) is 32.1. The number of hydrogen-bond acceptors (Lipinski definition) is 7. The molecule has 0 fully saturated rings. The van der Waals surface area contributed by atoms with Crippen molar-refractivity contribution in [3.05, 3.63) is 257 Å². The van der Waals surface area contributed by atoms with E-state index in [1.54, 1.807) is 0 Å². The predicted molar refractivity (Wildman–Crippen MR) is 255 cm³/mol. The first-order valence-electron chi connectivity index (χ1n) is 22.3. The van der Waals surface area contributed by atoms with Gasteiger partial charge in [0.15, 0.2) is 0 Å². The van der Waals surface area contributed by atoms with Crippen molar-refractivity contribution in [3.8, 4) is 16.9 Å². The third kappa shape index (κ3) is 13.1. The first kappa shape index (κ1) is 45.2. The lowest BCUT2D eigenvalue weighted by atomic mass is 9.92. The number of ether oxygens (including phenoxy) is 5. The third-order valence-corrected chi connectivity index (χ3v) is 11.4. The molecule has 7 nitrogen and oxygen atoms in total. The van der Waals surface area contributed by atoms with Gasteiger partial charge in [-0.1, -0.05) is 200 Å². The molecular formula is C58H56O7. The Morgan fingerprint density at radius 1 is 0.354 bits per heavy atom. The summed E-state index contributed by atoms with van der Waals surface area (Å²) < 4.78 is 33.3. The molecule has 7 heteroatoms. The van der Waals surface area contributed by atoms with Gasteiger partial charge in [0.05, 0.1) is 33.0 Å². The van der Waals surface area contributed by atoms with Gasteiger partial charge in [0, 0.05) is 5.56 Å². The molecule has 0 amide bonds. The van der Waals surface area contributed by atoms with Crippen LogP contribution in [-0.2, 0) is 58.4 Å². The lowest BCUT2D eigenvalue weighted by molar-refractivity contribution is -0.207. The molecule has 0 bridgehead atoms. The van der Waals surface area contributed by atoms with Gasteiger partial charge in [-0.15, -0.1) is 0 Å². The number of rotatable bonds is 23. The second kappa shape index (κ2) is 23.5. The summed E-state index contributed by atoms with van der Waals surface area (Å²) in [5, 5.41) is 25.4. The number of hydrogen-bond donors (Lipinski definition) is 2. The Hall–Kier alpha value is -6.42. The minimum absolute atomic E-state index is 0.0615. The standard InChI is InChI=1S/C58H56O7/c59-53(42-61-37-43-19-7-1-8-20-43)56(63-39-45-23-11-3-12-24-45)58(65-41-47-27-15-5-16-28-47)57(64-40-46-25-13-4-14-26-46)55(60)52-36-48(31-32-54(52)62-38-44-21-9-2-10-22-44)33-49-34-50-29-17-6-18-30-51(50)35-49/h1-32,34-36,53,55-60H,33,37-42H2/t53-,55?,56-,57+,58+/m1/s1. The number of aliphatic hydroxyl groups is 2. The molecule has 0 heterocycles. The van der Waals surface area contributed by atoms with Crippen LogP contribution in [0.3, 0.4) is 0 Å². The molecule has 0 spiro atoms. The van der Waals surface area contributed by atoms with Crippen LogP contribution in [0.2, 0.25) is 0 Å². The molecule has 2 N–H and O–H groups in total. The fourth-order valence-electron chi connectivity index (χ4n) is 8.03. The highest BCUT2D eigenvalue weighted by Gasteiger charge is 2.42. The van der Waals surface area contributed by atoms with Crippen molar-refractivity contribution in [1.29, 1.82) is 0 Å². The molecule has 0 aromatic heterocycles. The van der Waals surface area contributed by atoms with Crippen molar-refractivity contribution in [3.63, 3.8) is 0 Å². The van der Waals surface area contributed by atoms with Crippen LogP contribution in [-0.4, -0.2) is 41.2 Å². The van der Waals surface area contributed by atoms with Crippen LogP contribution in [0.15, 0.2) is 212 Å². The zero-order valence-electron chi connectivity index (χ0n) is 36.5. The molecule has 0 radical (unpaired) electrons. The normalized spacial score (nSPS) is 13.8. The summed E-state index contributed by atoms with van der Waals surface area (Å²) in [5.74, 6) is 0.508. The zero-order chi connectivity index (χ0) is 44.5. The molecule has 2 aliphatic rings. The van der Waals surface area contributed by atoms with E-state index in [0.29, 0.717) is 24.3 Å². The third-order valence-electron chi connectivity index (χ3n) is 11.4. The largest absolute Gasteiger partial charge is 0.489 e. The summed E-state index contributed by atoms with van der Waals surface area (Å²) in [6.45, 7) is 0.995. The van der Waals surface area contributed by atoms with Crippen LogP contribution in [0.25, 0.3) is 11.1 Å². The fourth-order valence-corrected chi connectivity index (χ4v) is 8.03. The van der Waals surface area contributed by atoms with Crippen LogP contribution in [0.4, 0.5) is 0 Å². The van der Waals surface area contributed by atoms with E-state index < -0.39 is 30.5 Å².